The molecule has 2 unspecified atom stereocenters. The van der Waals surface area contributed by atoms with E-state index in [1.165, 1.54) is 12.8 Å². The minimum Gasteiger partial charge on any atom is -0.393 e. The molecular weight excluding hydrogens is 488 g/mol. The van der Waals surface area contributed by atoms with Crippen LogP contribution in [0.3, 0.4) is 0 Å². The molecule has 6 nitrogen and oxygen atoms in total. The van der Waals surface area contributed by atoms with Crippen LogP contribution in [0.15, 0.2) is 60.7 Å². The number of piperidine rings is 2. The minimum absolute atomic E-state index is 0.00727. The van der Waals surface area contributed by atoms with E-state index in [-0.39, 0.29) is 34.9 Å². The fraction of sp³-hybridized carbons (Fsp3) is 0.636. The molecule has 2 aliphatic rings. The third-order valence-corrected chi connectivity index (χ3v) is 8.21. The Labute approximate surface area is 236 Å². The summed E-state index contributed by atoms with van der Waals surface area (Å²) in [6.45, 7) is 17.5. The van der Waals surface area contributed by atoms with Gasteiger partial charge in [0.05, 0.1) is 6.61 Å². The van der Waals surface area contributed by atoms with Crippen molar-refractivity contribution in [2.24, 2.45) is 0 Å². The van der Waals surface area contributed by atoms with E-state index >= 15 is 0 Å². The first-order valence-corrected chi connectivity index (χ1v) is 14.5. The topological polar surface area (TPSA) is 65.4 Å². The average molecular weight is 541 g/mol. The number of benzene rings is 2. The standard InChI is InChI=1S/C17H27NO2.C16H25NO2/c1-16(2)11-8-12-17(3,4)18(16)20-15(13-19)14-9-6-5-7-10-14;1-15(2)11-8-12-16(3,4)17(15)19-14(18)13-9-6-5-7-10-13/h5-7,9-10,15,19H,8,11-13H2,1-4H3;5-7,9-10,14,18H,8,11-12H2,1-4H3. The van der Waals surface area contributed by atoms with Gasteiger partial charge in [-0.2, -0.15) is 10.1 Å². The number of aliphatic hydroxyl groups is 2. The summed E-state index contributed by atoms with van der Waals surface area (Å²) in [4.78, 5) is 12.1. The molecule has 2 heterocycles. The Bertz CT molecular complexity index is 975. The van der Waals surface area contributed by atoms with Crippen molar-refractivity contribution < 1.29 is 19.9 Å². The molecule has 0 radical (unpaired) electrons. The van der Waals surface area contributed by atoms with E-state index in [0.717, 1.165) is 36.8 Å². The minimum atomic E-state index is -0.905. The van der Waals surface area contributed by atoms with E-state index in [1.807, 2.05) is 65.7 Å². The fourth-order valence-corrected chi connectivity index (χ4v) is 6.30. The summed E-state index contributed by atoms with van der Waals surface area (Å²) in [7, 11) is 0. The van der Waals surface area contributed by atoms with Crippen molar-refractivity contribution in [3.8, 4) is 0 Å². The third-order valence-electron chi connectivity index (χ3n) is 8.21. The third kappa shape index (κ3) is 8.12. The van der Waals surface area contributed by atoms with Crippen LogP contribution in [0, 0.1) is 0 Å². The van der Waals surface area contributed by atoms with Crippen molar-refractivity contribution in [3.63, 3.8) is 0 Å². The molecule has 2 atom stereocenters. The quantitative estimate of drug-likeness (QED) is 0.358. The molecule has 2 saturated heterocycles. The van der Waals surface area contributed by atoms with Gasteiger partial charge >= 0.3 is 0 Å². The van der Waals surface area contributed by atoms with E-state index in [1.54, 1.807) is 0 Å². The lowest BCUT2D eigenvalue weighted by molar-refractivity contribution is -0.348. The first kappa shape index (κ1) is 31.7. The van der Waals surface area contributed by atoms with Gasteiger partial charge in [-0.05, 0) is 99.5 Å². The summed E-state index contributed by atoms with van der Waals surface area (Å²) in [5, 5.41) is 24.1. The van der Waals surface area contributed by atoms with Crippen LogP contribution >= 0.6 is 0 Å². The van der Waals surface area contributed by atoms with E-state index < -0.39 is 6.29 Å². The SMILES string of the molecule is CC1(C)CCCC(C)(C)N1OC(CO)c1ccccc1.CC1(C)CCCC(C)(C)N1OC(O)c1ccccc1. The maximum absolute atomic E-state index is 10.3. The van der Waals surface area contributed by atoms with Crippen LogP contribution < -0.4 is 0 Å². The van der Waals surface area contributed by atoms with Gasteiger partial charge in [0.15, 0.2) is 0 Å². The molecule has 4 rings (SSSR count). The van der Waals surface area contributed by atoms with Gasteiger partial charge in [0, 0.05) is 27.7 Å². The van der Waals surface area contributed by atoms with Gasteiger partial charge in [-0.1, -0.05) is 60.7 Å². The molecule has 39 heavy (non-hydrogen) atoms. The first-order valence-electron chi connectivity index (χ1n) is 14.5. The Hall–Kier alpha value is -1.80. The Morgan fingerprint density at radius 1 is 0.615 bits per heavy atom. The molecule has 2 fully saturated rings. The monoisotopic (exact) mass is 540 g/mol. The summed E-state index contributed by atoms with van der Waals surface area (Å²) >= 11 is 0. The predicted molar refractivity (Wildman–Crippen MR) is 158 cm³/mol. The smallest absolute Gasteiger partial charge is 0.201 e. The summed E-state index contributed by atoms with van der Waals surface area (Å²) < 4.78 is 0. The van der Waals surface area contributed by atoms with Gasteiger partial charge in [-0.15, -0.1) is 0 Å². The van der Waals surface area contributed by atoms with Crippen LogP contribution in [-0.4, -0.2) is 49.1 Å². The Morgan fingerprint density at radius 2 is 0.974 bits per heavy atom. The predicted octanol–water partition coefficient (Wildman–Crippen LogP) is 7.35. The summed E-state index contributed by atoms with van der Waals surface area (Å²) in [6.07, 6.45) is 5.60. The Morgan fingerprint density at radius 3 is 1.36 bits per heavy atom. The van der Waals surface area contributed by atoms with Crippen molar-refractivity contribution in [3.05, 3.63) is 71.8 Å². The summed E-state index contributed by atoms with van der Waals surface area (Å²) in [5.74, 6) is 0. The molecule has 0 bridgehead atoms. The second kappa shape index (κ2) is 12.8. The largest absolute Gasteiger partial charge is 0.393 e. The van der Waals surface area contributed by atoms with E-state index in [0.29, 0.717) is 0 Å². The molecule has 218 valence electrons. The van der Waals surface area contributed by atoms with Crippen LogP contribution in [-0.2, 0) is 9.68 Å². The molecule has 2 aliphatic heterocycles. The molecular formula is C33H52N2O4. The van der Waals surface area contributed by atoms with Crippen molar-refractivity contribution in [2.75, 3.05) is 6.61 Å². The lowest BCUT2D eigenvalue weighted by Crippen LogP contribution is -2.58. The molecule has 0 aromatic heterocycles. The molecule has 0 spiro atoms. The van der Waals surface area contributed by atoms with Gasteiger partial charge in [-0.25, -0.2) is 0 Å². The highest BCUT2D eigenvalue weighted by Gasteiger charge is 2.44. The molecule has 2 N–H and O–H groups in total. The van der Waals surface area contributed by atoms with Gasteiger partial charge in [0.2, 0.25) is 6.29 Å². The zero-order chi connectivity index (χ0) is 28.9. The fourth-order valence-electron chi connectivity index (χ4n) is 6.30. The highest BCUT2D eigenvalue weighted by atomic mass is 16.8. The van der Waals surface area contributed by atoms with E-state index in [9.17, 15) is 10.2 Å². The normalized spacial score (nSPS) is 23.7. The van der Waals surface area contributed by atoms with Crippen molar-refractivity contribution in [2.45, 2.75) is 128 Å². The van der Waals surface area contributed by atoms with Crippen molar-refractivity contribution in [1.82, 2.24) is 10.1 Å². The second-order valence-corrected chi connectivity index (χ2v) is 13.6. The number of hydrogen-bond acceptors (Lipinski definition) is 6. The highest BCUT2D eigenvalue weighted by Crippen LogP contribution is 2.41. The van der Waals surface area contributed by atoms with Crippen LogP contribution in [0.5, 0.6) is 0 Å². The summed E-state index contributed by atoms with van der Waals surface area (Å²) in [5.41, 5.74) is 1.68. The zero-order valence-corrected chi connectivity index (χ0v) is 25.5. The van der Waals surface area contributed by atoms with Gasteiger partial charge in [0.25, 0.3) is 0 Å². The van der Waals surface area contributed by atoms with Crippen LogP contribution in [0.25, 0.3) is 0 Å². The van der Waals surface area contributed by atoms with Crippen LogP contribution in [0.2, 0.25) is 0 Å². The highest BCUT2D eigenvalue weighted by molar-refractivity contribution is 5.18. The van der Waals surface area contributed by atoms with Crippen LogP contribution in [0.4, 0.5) is 0 Å². The van der Waals surface area contributed by atoms with E-state index in [2.05, 4.69) is 60.5 Å². The molecule has 0 aliphatic carbocycles. The molecule has 0 amide bonds. The average Bonchev–Trinajstić information content (AvgIpc) is 2.87. The number of nitrogens with zero attached hydrogens (tertiary/aromatic N) is 2. The molecule has 2 aromatic rings. The van der Waals surface area contributed by atoms with Gasteiger partial charge in [0.1, 0.15) is 6.10 Å². The molecule has 0 saturated carbocycles. The van der Waals surface area contributed by atoms with Gasteiger partial charge in [-0.3, -0.25) is 9.68 Å². The zero-order valence-electron chi connectivity index (χ0n) is 25.5. The first-order chi connectivity index (χ1) is 18.2. The van der Waals surface area contributed by atoms with Gasteiger partial charge < -0.3 is 10.2 Å². The molecule has 2 aromatic carbocycles. The number of hydrogen-bond donors (Lipinski definition) is 2. The maximum Gasteiger partial charge on any atom is 0.201 e. The van der Waals surface area contributed by atoms with Crippen molar-refractivity contribution >= 4 is 0 Å². The lowest BCUT2D eigenvalue weighted by atomic mass is 9.82. The lowest BCUT2D eigenvalue weighted by Gasteiger charge is -2.52. The van der Waals surface area contributed by atoms with Crippen molar-refractivity contribution in [1.29, 1.82) is 0 Å². The Balaban J connectivity index is 0.000000216. The molecule has 6 heteroatoms. The second-order valence-electron chi connectivity index (χ2n) is 13.6. The number of rotatable bonds is 7. The maximum atomic E-state index is 10.3. The summed E-state index contributed by atoms with van der Waals surface area (Å²) in [6, 6.07) is 19.5. The van der Waals surface area contributed by atoms with Crippen LogP contribution in [0.1, 0.15) is 117 Å². The number of aliphatic hydroxyl groups excluding tert-OH is 2. The number of hydroxylamine groups is 4. The van der Waals surface area contributed by atoms with E-state index in [4.69, 9.17) is 9.68 Å². The Kier molecular flexibility index (Phi) is 10.4.